The first kappa shape index (κ1) is 11.7. The second-order valence-electron chi connectivity index (χ2n) is 2.68. The highest BCUT2D eigenvalue weighted by molar-refractivity contribution is 8.08. The van der Waals surface area contributed by atoms with Gasteiger partial charge in [-0.1, -0.05) is 43.3 Å². The molecule has 0 aliphatic heterocycles. The van der Waals surface area contributed by atoms with E-state index in [2.05, 4.69) is 0 Å². The predicted octanol–water partition coefficient (Wildman–Crippen LogP) is 2.56. The third-order valence-electron chi connectivity index (χ3n) is 1.34. The molecule has 0 spiro atoms. The summed E-state index contributed by atoms with van der Waals surface area (Å²) in [5.74, 6) is 0.259. The van der Waals surface area contributed by atoms with Crippen LogP contribution in [0, 0.1) is 5.92 Å². The molecule has 0 aromatic heterocycles. The van der Waals surface area contributed by atoms with E-state index < -0.39 is 0 Å². The average molecular weight is 207 g/mol. The van der Waals surface area contributed by atoms with Crippen molar-refractivity contribution in [2.75, 3.05) is 0 Å². The van der Waals surface area contributed by atoms with Gasteiger partial charge in [-0.15, -0.1) is 0 Å². The van der Waals surface area contributed by atoms with Crippen LogP contribution in [-0.2, 0) is 0 Å². The molecule has 0 bridgehead atoms. The number of halogens is 1. The van der Waals surface area contributed by atoms with Gasteiger partial charge in [0.15, 0.2) is 0 Å². The molecule has 4 heteroatoms. The molecule has 0 saturated heterocycles. The molecule has 0 aliphatic carbocycles. The van der Waals surface area contributed by atoms with Gasteiger partial charge < -0.3 is 11.5 Å². The minimum atomic E-state index is 0.259. The van der Waals surface area contributed by atoms with Crippen LogP contribution in [0.15, 0.2) is 21.2 Å². The molecule has 0 atom stereocenters. The average Bonchev–Trinajstić information content (AvgIpc) is 2.02. The summed E-state index contributed by atoms with van der Waals surface area (Å²) in [6, 6.07) is 0. The van der Waals surface area contributed by atoms with Crippen molar-refractivity contribution in [2.45, 2.75) is 20.8 Å². The summed E-state index contributed by atoms with van der Waals surface area (Å²) in [6.07, 6.45) is 1.79. The number of rotatable bonds is 3. The first-order valence-electron chi connectivity index (χ1n) is 3.73. The second-order valence-corrected chi connectivity index (χ2v) is 4.36. The van der Waals surface area contributed by atoms with Gasteiger partial charge in [-0.3, -0.25) is 0 Å². The third-order valence-corrected chi connectivity index (χ3v) is 2.68. The summed E-state index contributed by atoms with van der Waals surface area (Å²) in [5, 5.41) is 0.670. The Morgan fingerprint density at radius 1 is 1.42 bits per heavy atom. The minimum absolute atomic E-state index is 0.259. The van der Waals surface area contributed by atoms with Crippen molar-refractivity contribution in [3.05, 3.63) is 21.2 Å². The molecule has 0 aromatic carbocycles. The predicted molar refractivity (Wildman–Crippen MR) is 57.4 cm³/mol. The smallest absolute Gasteiger partial charge is 0.0986 e. The van der Waals surface area contributed by atoms with E-state index in [9.17, 15) is 0 Å². The maximum Gasteiger partial charge on any atom is 0.0986 e. The molecule has 0 aliphatic rings. The number of thioether (sulfide) groups is 1. The summed E-state index contributed by atoms with van der Waals surface area (Å²) in [4.78, 5) is 0. The SMILES string of the molecule is C/C=C(/N)S/C(Cl)=C(\N)C(C)C. The molecule has 0 unspecified atom stereocenters. The van der Waals surface area contributed by atoms with Crippen LogP contribution in [0.1, 0.15) is 20.8 Å². The maximum atomic E-state index is 5.90. The molecule has 4 N–H and O–H groups in total. The number of nitrogens with two attached hydrogens (primary N) is 2. The summed E-state index contributed by atoms with van der Waals surface area (Å²) in [7, 11) is 0. The van der Waals surface area contributed by atoms with Crippen LogP contribution in [0.25, 0.3) is 0 Å². The van der Waals surface area contributed by atoms with E-state index in [1.165, 1.54) is 11.8 Å². The molecule has 0 saturated carbocycles. The molecule has 0 rings (SSSR count). The van der Waals surface area contributed by atoms with Crippen molar-refractivity contribution in [2.24, 2.45) is 17.4 Å². The van der Waals surface area contributed by atoms with E-state index in [1.54, 1.807) is 6.08 Å². The van der Waals surface area contributed by atoms with Gasteiger partial charge in [0.2, 0.25) is 0 Å². The van der Waals surface area contributed by atoms with Crippen LogP contribution < -0.4 is 11.5 Å². The Balaban J connectivity index is 4.37. The van der Waals surface area contributed by atoms with E-state index in [1.807, 2.05) is 20.8 Å². The lowest BCUT2D eigenvalue weighted by molar-refractivity contribution is 0.758. The van der Waals surface area contributed by atoms with Crippen LogP contribution in [0.2, 0.25) is 0 Å². The highest BCUT2D eigenvalue weighted by Gasteiger charge is 2.05. The Morgan fingerprint density at radius 3 is 2.25 bits per heavy atom. The molecule has 2 nitrogen and oxygen atoms in total. The van der Waals surface area contributed by atoms with E-state index in [0.717, 1.165) is 0 Å². The van der Waals surface area contributed by atoms with Gasteiger partial charge in [0.25, 0.3) is 0 Å². The lowest BCUT2D eigenvalue weighted by atomic mass is 10.2. The summed E-state index contributed by atoms with van der Waals surface area (Å²) in [5.41, 5.74) is 12.0. The lowest BCUT2D eigenvalue weighted by Gasteiger charge is -2.08. The van der Waals surface area contributed by atoms with Gasteiger partial charge in [0.1, 0.15) is 0 Å². The van der Waals surface area contributed by atoms with Crippen LogP contribution >= 0.6 is 23.4 Å². The number of allylic oxidation sites excluding steroid dienone is 2. The fourth-order valence-corrected chi connectivity index (χ4v) is 1.61. The van der Waals surface area contributed by atoms with E-state index in [0.29, 0.717) is 15.1 Å². The maximum absolute atomic E-state index is 5.90. The first-order valence-corrected chi connectivity index (χ1v) is 4.93. The van der Waals surface area contributed by atoms with Gasteiger partial charge in [0.05, 0.1) is 9.39 Å². The van der Waals surface area contributed by atoms with Crippen molar-refractivity contribution >= 4 is 23.4 Å². The normalized spacial score (nSPS) is 14.9. The van der Waals surface area contributed by atoms with Gasteiger partial charge in [-0.2, -0.15) is 0 Å². The molecule has 0 heterocycles. The first-order chi connectivity index (χ1) is 5.49. The zero-order valence-electron chi connectivity index (χ0n) is 7.60. The van der Waals surface area contributed by atoms with Crippen LogP contribution in [0.3, 0.4) is 0 Å². The van der Waals surface area contributed by atoms with Crippen molar-refractivity contribution in [1.29, 1.82) is 0 Å². The Labute approximate surface area is 83.0 Å². The van der Waals surface area contributed by atoms with E-state index >= 15 is 0 Å². The van der Waals surface area contributed by atoms with Crippen molar-refractivity contribution in [3.8, 4) is 0 Å². The number of hydrogen-bond donors (Lipinski definition) is 2. The summed E-state index contributed by atoms with van der Waals surface area (Å²) >= 11 is 7.19. The molecular formula is C8H15ClN2S. The molecule has 12 heavy (non-hydrogen) atoms. The number of hydrogen-bond acceptors (Lipinski definition) is 3. The minimum Gasteiger partial charge on any atom is -0.400 e. The van der Waals surface area contributed by atoms with Crippen LogP contribution in [-0.4, -0.2) is 0 Å². The lowest BCUT2D eigenvalue weighted by Crippen LogP contribution is -2.06. The molecule has 0 amide bonds. The monoisotopic (exact) mass is 206 g/mol. The van der Waals surface area contributed by atoms with E-state index in [4.69, 9.17) is 23.1 Å². The highest BCUT2D eigenvalue weighted by Crippen LogP contribution is 2.28. The highest BCUT2D eigenvalue weighted by atomic mass is 35.5. The van der Waals surface area contributed by atoms with Crippen molar-refractivity contribution in [3.63, 3.8) is 0 Å². The zero-order chi connectivity index (χ0) is 9.72. The summed E-state index contributed by atoms with van der Waals surface area (Å²) < 4.78 is 0.570. The van der Waals surface area contributed by atoms with Crippen molar-refractivity contribution in [1.82, 2.24) is 0 Å². The fourth-order valence-electron chi connectivity index (χ4n) is 0.448. The Kier molecular flexibility index (Phi) is 5.25. The zero-order valence-corrected chi connectivity index (χ0v) is 9.17. The molecule has 0 fully saturated rings. The van der Waals surface area contributed by atoms with Gasteiger partial charge >= 0.3 is 0 Å². The topological polar surface area (TPSA) is 52.0 Å². The summed E-state index contributed by atoms with van der Waals surface area (Å²) in [6.45, 7) is 5.84. The fraction of sp³-hybridized carbons (Fsp3) is 0.500. The van der Waals surface area contributed by atoms with Crippen molar-refractivity contribution < 1.29 is 0 Å². The van der Waals surface area contributed by atoms with Crippen LogP contribution in [0.4, 0.5) is 0 Å². The van der Waals surface area contributed by atoms with Gasteiger partial charge in [0, 0.05) is 5.70 Å². The Morgan fingerprint density at radius 2 is 1.92 bits per heavy atom. The van der Waals surface area contributed by atoms with E-state index in [-0.39, 0.29) is 5.92 Å². The molecule has 0 aromatic rings. The largest absolute Gasteiger partial charge is 0.400 e. The quantitative estimate of drug-likeness (QED) is 0.747. The van der Waals surface area contributed by atoms with Crippen LogP contribution in [0.5, 0.6) is 0 Å². The third kappa shape index (κ3) is 3.93. The molecule has 70 valence electrons. The van der Waals surface area contributed by atoms with Gasteiger partial charge in [-0.05, 0) is 12.8 Å². The Bertz CT molecular complexity index is 209. The molecule has 0 radical (unpaired) electrons. The standard InChI is InChI=1S/C8H15ClN2S/c1-4-6(10)12-8(9)7(11)5(2)3/h4-5H,10-11H2,1-3H3/b6-4-,8-7-. The second kappa shape index (κ2) is 5.38. The Hall–Kier alpha value is -0.280. The molecular weight excluding hydrogens is 192 g/mol. The van der Waals surface area contributed by atoms with Gasteiger partial charge in [-0.25, -0.2) is 0 Å².